The number of rotatable bonds is 5. The van der Waals surface area contributed by atoms with E-state index in [0.29, 0.717) is 41.1 Å². The number of carbonyl (C=O) groups is 2. The van der Waals surface area contributed by atoms with Crippen LogP contribution >= 0.6 is 0 Å². The molecule has 3 aromatic heterocycles. The second-order valence-electron chi connectivity index (χ2n) is 9.07. The number of nitrogen functional groups attached to an aromatic ring is 1. The fourth-order valence-corrected chi connectivity index (χ4v) is 4.66. The largest absolute Gasteiger partial charge is 0.383 e. The summed E-state index contributed by atoms with van der Waals surface area (Å²) in [5.41, 5.74) is 8.09. The second kappa shape index (κ2) is 9.81. The lowest BCUT2D eigenvalue weighted by Crippen LogP contribution is -2.41. The number of amides is 2. The van der Waals surface area contributed by atoms with Crippen LogP contribution in [-0.2, 0) is 4.79 Å². The Morgan fingerprint density at radius 3 is 2.73 bits per heavy atom. The molecule has 1 aromatic carbocycles. The van der Waals surface area contributed by atoms with Gasteiger partial charge in [-0.3, -0.25) is 14.3 Å². The van der Waals surface area contributed by atoms with Crippen molar-refractivity contribution in [2.24, 2.45) is 0 Å². The van der Waals surface area contributed by atoms with Crippen molar-refractivity contribution in [3.63, 3.8) is 0 Å². The minimum absolute atomic E-state index is 0.0896. The van der Waals surface area contributed by atoms with Gasteiger partial charge in [-0.15, -0.1) is 0 Å². The van der Waals surface area contributed by atoms with E-state index in [1.165, 1.54) is 18.2 Å². The lowest BCUT2D eigenvalue weighted by atomic mass is 10.0. The number of pyridine rings is 2. The van der Waals surface area contributed by atoms with E-state index in [1.807, 2.05) is 4.68 Å². The molecule has 4 aromatic rings. The third kappa shape index (κ3) is 4.65. The third-order valence-electron chi connectivity index (χ3n) is 6.44. The Balaban J connectivity index is 1.51. The molecule has 1 atom stereocenters. The number of aromatic nitrogens is 4. The van der Waals surface area contributed by atoms with Crippen molar-refractivity contribution >= 4 is 34.4 Å². The zero-order chi connectivity index (χ0) is 26.1. The Morgan fingerprint density at radius 1 is 1.16 bits per heavy atom. The first-order chi connectivity index (χ1) is 17.8. The number of nitrogens with two attached hydrogens (primary N) is 1. The summed E-state index contributed by atoms with van der Waals surface area (Å²) < 4.78 is 17.2. The molecule has 188 valence electrons. The van der Waals surface area contributed by atoms with Gasteiger partial charge in [-0.2, -0.15) is 5.10 Å². The maximum Gasteiger partial charge on any atom is 0.256 e. The molecule has 2 amide bonds. The first kappa shape index (κ1) is 24.1. The fourth-order valence-electron chi connectivity index (χ4n) is 4.66. The standard InChI is InChI=1S/C27H26FN7O2/c1-16(2)27(37)34-13-5-6-18(15-34)35-21-10-12-31-25(29)23(21)24(33-35)19-9-8-17(14-20(19)28)26(36)32-22-7-3-4-11-30-22/h3-4,7-12,14,18H,1,5-6,13,15H2,2H3,(H2,29,31)(H,30,32,36)/t18-/m1/s1. The van der Waals surface area contributed by atoms with Crippen molar-refractivity contribution < 1.29 is 14.0 Å². The van der Waals surface area contributed by atoms with Gasteiger partial charge in [0.05, 0.1) is 16.9 Å². The molecule has 1 aliphatic rings. The molecular formula is C27H26FN7O2. The predicted octanol–water partition coefficient (Wildman–Crippen LogP) is 4.21. The van der Waals surface area contributed by atoms with Crippen molar-refractivity contribution in [3.8, 4) is 11.3 Å². The molecule has 0 bridgehead atoms. The molecule has 4 heterocycles. The fraction of sp³-hybridized carbons (Fsp3) is 0.222. The number of hydrogen-bond donors (Lipinski definition) is 2. The highest BCUT2D eigenvalue weighted by molar-refractivity contribution is 6.05. The Kier molecular flexibility index (Phi) is 6.39. The quantitative estimate of drug-likeness (QED) is 0.397. The first-order valence-electron chi connectivity index (χ1n) is 11.9. The summed E-state index contributed by atoms with van der Waals surface area (Å²) >= 11 is 0. The van der Waals surface area contributed by atoms with Gasteiger partial charge in [0.2, 0.25) is 5.91 Å². The van der Waals surface area contributed by atoms with Gasteiger partial charge in [0.1, 0.15) is 23.1 Å². The number of carbonyl (C=O) groups excluding carboxylic acids is 2. The first-order valence-corrected chi connectivity index (χ1v) is 11.9. The van der Waals surface area contributed by atoms with E-state index in [4.69, 9.17) is 10.8 Å². The third-order valence-corrected chi connectivity index (χ3v) is 6.44. The summed E-state index contributed by atoms with van der Waals surface area (Å²) in [7, 11) is 0. The Bertz CT molecular complexity index is 1520. The van der Waals surface area contributed by atoms with E-state index >= 15 is 4.39 Å². The Labute approximate surface area is 212 Å². The van der Waals surface area contributed by atoms with Crippen LogP contribution in [0.1, 0.15) is 36.2 Å². The number of nitrogens with one attached hydrogen (secondary N) is 1. The smallest absolute Gasteiger partial charge is 0.256 e. The number of nitrogens with zero attached hydrogens (tertiary/aromatic N) is 5. The molecule has 0 saturated carbocycles. The van der Waals surface area contributed by atoms with E-state index in [9.17, 15) is 9.59 Å². The van der Waals surface area contributed by atoms with Crippen LogP contribution in [0, 0.1) is 5.82 Å². The average molecular weight is 500 g/mol. The van der Waals surface area contributed by atoms with Crippen molar-refractivity contribution in [2.75, 3.05) is 24.1 Å². The molecule has 9 nitrogen and oxygen atoms in total. The van der Waals surface area contributed by atoms with Crippen LogP contribution in [0.4, 0.5) is 16.0 Å². The normalized spacial score (nSPS) is 15.5. The topological polar surface area (TPSA) is 119 Å². The monoisotopic (exact) mass is 499 g/mol. The van der Waals surface area contributed by atoms with E-state index in [-0.39, 0.29) is 28.9 Å². The van der Waals surface area contributed by atoms with Gasteiger partial charge in [-0.1, -0.05) is 12.6 Å². The lowest BCUT2D eigenvalue weighted by molar-refractivity contribution is -0.128. The molecule has 1 fully saturated rings. The van der Waals surface area contributed by atoms with Crippen molar-refractivity contribution in [3.05, 3.63) is 78.4 Å². The molecule has 0 unspecified atom stereocenters. The molecule has 37 heavy (non-hydrogen) atoms. The number of hydrogen-bond acceptors (Lipinski definition) is 6. The van der Waals surface area contributed by atoms with Crippen LogP contribution in [0.25, 0.3) is 22.2 Å². The Morgan fingerprint density at radius 2 is 2.00 bits per heavy atom. The second-order valence-corrected chi connectivity index (χ2v) is 9.07. The maximum absolute atomic E-state index is 15.4. The number of halogens is 1. The number of fused-ring (bicyclic) bond motifs is 1. The molecular weight excluding hydrogens is 473 g/mol. The maximum atomic E-state index is 15.4. The van der Waals surface area contributed by atoms with Crippen molar-refractivity contribution in [2.45, 2.75) is 25.8 Å². The lowest BCUT2D eigenvalue weighted by Gasteiger charge is -2.33. The van der Waals surface area contributed by atoms with E-state index in [0.717, 1.165) is 12.8 Å². The van der Waals surface area contributed by atoms with Gasteiger partial charge < -0.3 is 16.0 Å². The summed E-state index contributed by atoms with van der Waals surface area (Å²) in [6, 6.07) is 11.0. The molecule has 0 radical (unpaired) electrons. The molecule has 1 aliphatic heterocycles. The van der Waals surface area contributed by atoms with E-state index < -0.39 is 11.7 Å². The predicted molar refractivity (Wildman–Crippen MR) is 139 cm³/mol. The number of piperidine rings is 1. The van der Waals surface area contributed by atoms with Crippen LogP contribution in [0.5, 0.6) is 0 Å². The molecule has 5 rings (SSSR count). The zero-order valence-corrected chi connectivity index (χ0v) is 20.3. The van der Waals surface area contributed by atoms with Gasteiger partial charge in [0.25, 0.3) is 5.91 Å². The zero-order valence-electron chi connectivity index (χ0n) is 20.3. The van der Waals surface area contributed by atoms with Crippen molar-refractivity contribution in [1.29, 1.82) is 0 Å². The summed E-state index contributed by atoms with van der Waals surface area (Å²) in [5.74, 6) is -0.599. The van der Waals surface area contributed by atoms with E-state index in [1.54, 1.807) is 48.5 Å². The Hall–Kier alpha value is -4.60. The summed E-state index contributed by atoms with van der Waals surface area (Å²) in [6.45, 7) is 6.58. The molecule has 0 aliphatic carbocycles. The summed E-state index contributed by atoms with van der Waals surface area (Å²) in [6.07, 6.45) is 4.74. The van der Waals surface area contributed by atoms with Crippen LogP contribution in [0.15, 0.2) is 67.0 Å². The average Bonchev–Trinajstić information content (AvgIpc) is 3.29. The molecule has 0 spiro atoms. The minimum Gasteiger partial charge on any atom is -0.383 e. The van der Waals surface area contributed by atoms with Crippen LogP contribution < -0.4 is 11.1 Å². The van der Waals surface area contributed by atoms with E-state index in [2.05, 4.69) is 21.9 Å². The van der Waals surface area contributed by atoms with Gasteiger partial charge in [-0.25, -0.2) is 14.4 Å². The highest BCUT2D eigenvalue weighted by Gasteiger charge is 2.29. The SMILES string of the molecule is C=C(C)C(=O)N1CCC[C@@H](n2nc(-c3ccc(C(=O)Nc4ccccn4)cc3F)c3c(N)nccc32)C1. The summed E-state index contributed by atoms with van der Waals surface area (Å²) in [5, 5.41) is 7.94. The van der Waals surface area contributed by atoms with Gasteiger partial charge in [0, 0.05) is 42.2 Å². The van der Waals surface area contributed by atoms with Crippen molar-refractivity contribution in [1.82, 2.24) is 24.6 Å². The van der Waals surface area contributed by atoms with Gasteiger partial charge in [-0.05, 0) is 56.2 Å². The van der Waals surface area contributed by atoms with Crippen LogP contribution in [0.2, 0.25) is 0 Å². The minimum atomic E-state index is -0.619. The molecule has 3 N–H and O–H groups in total. The molecule has 1 saturated heterocycles. The highest BCUT2D eigenvalue weighted by Crippen LogP contribution is 2.36. The number of anilines is 2. The number of benzene rings is 1. The van der Waals surface area contributed by atoms with Crippen LogP contribution in [0.3, 0.4) is 0 Å². The van der Waals surface area contributed by atoms with Gasteiger partial charge in [0.15, 0.2) is 0 Å². The number of likely N-dealkylation sites (tertiary alicyclic amines) is 1. The van der Waals surface area contributed by atoms with Gasteiger partial charge >= 0.3 is 0 Å². The summed E-state index contributed by atoms with van der Waals surface area (Å²) in [4.78, 5) is 35.2. The highest BCUT2D eigenvalue weighted by atomic mass is 19.1. The molecule has 10 heteroatoms. The van der Waals surface area contributed by atoms with Crippen LogP contribution in [-0.4, -0.2) is 49.6 Å².